The van der Waals surface area contributed by atoms with Crippen molar-refractivity contribution in [3.8, 4) is 11.5 Å². The molecule has 38 heavy (non-hydrogen) atoms. The van der Waals surface area contributed by atoms with Gasteiger partial charge >= 0.3 is 0 Å². The number of phenols is 1. The molecule has 2 N–H and O–H groups in total. The first-order chi connectivity index (χ1) is 18.2. The molecular formula is C30H26Cl2N2O4. The Morgan fingerprint density at radius 1 is 1.11 bits per heavy atom. The summed E-state index contributed by atoms with van der Waals surface area (Å²) in [4.78, 5) is 28.6. The number of hydrazine groups is 1. The molecule has 1 aliphatic carbocycles. The number of hydrogen-bond donors (Lipinski definition) is 2. The fraction of sp³-hybridized carbons (Fsp3) is 0.200. The maximum atomic E-state index is 14.6. The van der Waals surface area contributed by atoms with Gasteiger partial charge in [0.25, 0.3) is 11.8 Å². The van der Waals surface area contributed by atoms with E-state index >= 15 is 0 Å². The second kappa shape index (κ2) is 9.86. The van der Waals surface area contributed by atoms with Crippen LogP contribution in [-0.4, -0.2) is 29.0 Å². The summed E-state index contributed by atoms with van der Waals surface area (Å²) in [6.07, 6.45) is 4.05. The molecule has 194 valence electrons. The lowest BCUT2D eigenvalue weighted by Crippen LogP contribution is -2.48. The first-order valence-corrected chi connectivity index (χ1v) is 12.8. The Balaban J connectivity index is 1.74. The van der Waals surface area contributed by atoms with Crippen molar-refractivity contribution in [3.63, 3.8) is 0 Å². The number of benzene rings is 3. The van der Waals surface area contributed by atoms with Crippen LogP contribution in [0.15, 0.2) is 85.0 Å². The Bertz CT molecular complexity index is 1480. The molecule has 1 fully saturated rings. The van der Waals surface area contributed by atoms with Crippen LogP contribution in [0.4, 0.5) is 5.69 Å². The Hall–Kier alpha value is -3.74. The molecule has 0 aromatic heterocycles. The summed E-state index contributed by atoms with van der Waals surface area (Å²) in [7, 11) is 1.57. The number of aryl methyl sites for hydroxylation is 1. The van der Waals surface area contributed by atoms with E-state index in [0.29, 0.717) is 34.0 Å². The van der Waals surface area contributed by atoms with Crippen molar-refractivity contribution in [1.82, 2.24) is 5.01 Å². The molecule has 1 saturated heterocycles. The lowest BCUT2D eigenvalue weighted by Gasteiger charge is -2.43. The quantitative estimate of drug-likeness (QED) is 0.341. The average Bonchev–Trinajstić information content (AvgIpc) is 3.13. The van der Waals surface area contributed by atoms with E-state index < -0.39 is 23.2 Å². The number of nitrogens with one attached hydrogen (secondary N) is 1. The second-order valence-electron chi connectivity index (χ2n) is 9.49. The zero-order chi connectivity index (χ0) is 27.2. The first-order valence-electron chi connectivity index (χ1n) is 12.1. The van der Waals surface area contributed by atoms with Crippen molar-refractivity contribution in [3.05, 3.63) is 112 Å². The number of anilines is 1. The number of carbonyl (C=O) groups is 2. The highest BCUT2D eigenvalue weighted by Gasteiger charge is 2.65. The summed E-state index contributed by atoms with van der Waals surface area (Å²) < 4.78 is 5.36. The number of ether oxygens (including phenoxy) is 1. The summed E-state index contributed by atoms with van der Waals surface area (Å²) >= 11 is 12.4. The monoisotopic (exact) mass is 548 g/mol. The SMILES string of the molecule is C=CC1=CCC2C(=O)N(Nc3ccc(Cl)cc3Cl)C(=O)C2(c2ccc(OC)cc2)C1c1ccc(O)c(C)c1. The minimum absolute atomic E-state index is 0.151. The molecule has 3 aromatic rings. The number of hydrogen-bond acceptors (Lipinski definition) is 5. The molecule has 0 radical (unpaired) electrons. The smallest absolute Gasteiger partial charge is 0.260 e. The van der Waals surface area contributed by atoms with Crippen molar-refractivity contribution < 1.29 is 19.4 Å². The van der Waals surface area contributed by atoms with Crippen molar-refractivity contribution in [2.45, 2.75) is 24.7 Å². The number of phenolic OH excluding ortho intramolecular Hbond substituents is 1. The molecular weight excluding hydrogens is 523 g/mol. The zero-order valence-electron chi connectivity index (χ0n) is 20.9. The fourth-order valence-corrected chi connectivity index (χ4v) is 6.16. The summed E-state index contributed by atoms with van der Waals surface area (Å²) in [5.41, 5.74) is 5.02. The van der Waals surface area contributed by atoms with Crippen molar-refractivity contribution in [2.24, 2.45) is 5.92 Å². The molecule has 8 heteroatoms. The predicted molar refractivity (Wildman–Crippen MR) is 149 cm³/mol. The summed E-state index contributed by atoms with van der Waals surface area (Å²) in [5.74, 6) is -1.24. The highest BCUT2D eigenvalue weighted by molar-refractivity contribution is 6.36. The van der Waals surface area contributed by atoms with Crippen LogP contribution in [0, 0.1) is 12.8 Å². The van der Waals surface area contributed by atoms with E-state index in [2.05, 4.69) is 12.0 Å². The van der Waals surface area contributed by atoms with Crippen LogP contribution in [0.3, 0.4) is 0 Å². The van der Waals surface area contributed by atoms with Gasteiger partial charge in [0, 0.05) is 10.9 Å². The highest BCUT2D eigenvalue weighted by Crippen LogP contribution is 2.58. The number of nitrogens with zero attached hydrogens (tertiary/aromatic N) is 1. The van der Waals surface area contributed by atoms with Crippen LogP contribution >= 0.6 is 23.2 Å². The van der Waals surface area contributed by atoms with Crippen LogP contribution in [-0.2, 0) is 15.0 Å². The van der Waals surface area contributed by atoms with E-state index in [1.165, 1.54) is 0 Å². The van der Waals surface area contributed by atoms with Gasteiger partial charge in [0.05, 0.1) is 29.2 Å². The lowest BCUT2D eigenvalue weighted by atomic mass is 9.56. The van der Waals surface area contributed by atoms with Gasteiger partial charge in [0.1, 0.15) is 11.5 Å². The number of rotatable bonds is 6. The molecule has 1 heterocycles. The van der Waals surface area contributed by atoms with Gasteiger partial charge in [-0.25, -0.2) is 0 Å². The van der Waals surface area contributed by atoms with Crippen molar-refractivity contribution >= 4 is 40.7 Å². The molecule has 0 saturated carbocycles. The molecule has 6 nitrogen and oxygen atoms in total. The van der Waals surface area contributed by atoms with Gasteiger partial charge < -0.3 is 9.84 Å². The molecule has 2 amide bonds. The molecule has 1 aliphatic heterocycles. The van der Waals surface area contributed by atoms with Gasteiger partial charge in [-0.05, 0) is 72.0 Å². The van der Waals surface area contributed by atoms with Gasteiger partial charge in [-0.1, -0.05) is 66.2 Å². The molecule has 5 rings (SSSR count). The molecule has 3 atom stereocenters. The minimum Gasteiger partial charge on any atom is -0.508 e. The largest absolute Gasteiger partial charge is 0.508 e. The van der Waals surface area contributed by atoms with Crippen LogP contribution in [0.25, 0.3) is 0 Å². The van der Waals surface area contributed by atoms with Crippen LogP contribution < -0.4 is 10.2 Å². The van der Waals surface area contributed by atoms with Gasteiger partial charge in [0.15, 0.2) is 0 Å². The van der Waals surface area contributed by atoms with Crippen LogP contribution in [0.5, 0.6) is 11.5 Å². The minimum atomic E-state index is -1.29. The number of allylic oxidation sites excluding steroid dienone is 3. The third-order valence-corrected chi connectivity index (χ3v) is 8.07. The van der Waals surface area contributed by atoms with Gasteiger partial charge in [-0.2, -0.15) is 5.01 Å². The number of imide groups is 1. The van der Waals surface area contributed by atoms with E-state index in [1.54, 1.807) is 62.6 Å². The third kappa shape index (κ3) is 3.96. The summed E-state index contributed by atoms with van der Waals surface area (Å²) in [6, 6.07) is 17.3. The van der Waals surface area contributed by atoms with E-state index in [-0.39, 0.29) is 16.7 Å². The van der Waals surface area contributed by atoms with Crippen LogP contribution in [0.2, 0.25) is 10.0 Å². The summed E-state index contributed by atoms with van der Waals surface area (Å²) in [5, 5.41) is 12.0. The van der Waals surface area contributed by atoms with E-state index in [0.717, 1.165) is 16.1 Å². The Morgan fingerprint density at radius 3 is 2.47 bits per heavy atom. The Morgan fingerprint density at radius 2 is 1.84 bits per heavy atom. The molecule has 0 spiro atoms. The first kappa shape index (κ1) is 25.9. The summed E-state index contributed by atoms with van der Waals surface area (Å²) in [6.45, 7) is 5.82. The van der Waals surface area contributed by atoms with Gasteiger partial charge in [0.2, 0.25) is 0 Å². The van der Waals surface area contributed by atoms with Crippen LogP contribution in [0.1, 0.15) is 29.0 Å². The second-order valence-corrected chi connectivity index (χ2v) is 10.3. The number of fused-ring (bicyclic) bond motifs is 1. The van der Waals surface area contributed by atoms with E-state index in [4.69, 9.17) is 27.9 Å². The normalized spacial score (nSPS) is 22.6. The van der Waals surface area contributed by atoms with Gasteiger partial charge in [-0.3, -0.25) is 15.0 Å². The standard InChI is InChI=1S/C30H26Cl2N2O4/c1-4-18-5-12-23-28(36)34(33-25-13-9-21(31)16-24(25)32)29(37)30(23,20-7-10-22(38-3)11-8-20)27(18)19-6-14-26(35)17(2)15-19/h4-11,13-16,23,27,33,35H,1,12H2,2-3H3. The number of amides is 2. The van der Waals surface area contributed by atoms with E-state index in [9.17, 15) is 14.7 Å². The van der Waals surface area contributed by atoms with Gasteiger partial charge in [-0.15, -0.1) is 0 Å². The maximum absolute atomic E-state index is 14.6. The molecule has 0 bridgehead atoms. The fourth-order valence-electron chi connectivity index (χ4n) is 5.71. The van der Waals surface area contributed by atoms with Crippen molar-refractivity contribution in [1.29, 1.82) is 0 Å². The zero-order valence-corrected chi connectivity index (χ0v) is 22.4. The average molecular weight is 549 g/mol. The number of aromatic hydroxyl groups is 1. The number of methoxy groups -OCH3 is 1. The Kier molecular flexibility index (Phi) is 6.72. The third-order valence-electron chi connectivity index (χ3n) is 7.52. The lowest BCUT2D eigenvalue weighted by molar-refractivity contribution is -0.138. The molecule has 2 aliphatic rings. The number of carbonyl (C=O) groups excluding carboxylic acids is 2. The Labute approximate surface area is 231 Å². The number of halogens is 2. The molecule has 3 aromatic carbocycles. The maximum Gasteiger partial charge on any atom is 0.260 e. The van der Waals surface area contributed by atoms with Crippen molar-refractivity contribution in [2.75, 3.05) is 12.5 Å². The topological polar surface area (TPSA) is 78.9 Å². The highest BCUT2D eigenvalue weighted by atomic mass is 35.5. The predicted octanol–water partition coefficient (Wildman–Crippen LogP) is 6.57. The molecule has 3 unspecified atom stereocenters. The van der Waals surface area contributed by atoms with E-state index in [1.807, 2.05) is 24.3 Å².